The number of nitrogens with two attached hydrogens (primary N) is 1. The highest BCUT2D eigenvalue weighted by atomic mass is 19.1. The second kappa shape index (κ2) is 11.7. The fourth-order valence-electron chi connectivity index (χ4n) is 5.95. The smallest absolute Gasteiger partial charge is 0.264 e. The Morgan fingerprint density at radius 2 is 1.95 bits per heavy atom. The molecule has 0 saturated carbocycles. The van der Waals surface area contributed by atoms with E-state index in [9.17, 15) is 15.2 Å². The molecule has 4 heterocycles. The van der Waals surface area contributed by atoms with Gasteiger partial charge in [-0.2, -0.15) is 10.4 Å². The average Bonchev–Trinajstić information content (AvgIpc) is 3.40. The van der Waals surface area contributed by atoms with Crippen LogP contribution in [0, 0.1) is 17.1 Å². The number of carbonyl (C=O) groups excluding carboxylic acids is 1. The summed E-state index contributed by atoms with van der Waals surface area (Å²) in [6.07, 6.45) is 4.38. The first kappa shape index (κ1) is 29.2. The summed E-state index contributed by atoms with van der Waals surface area (Å²) in [4.78, 5) is 25.6. The number of halogens is 1. The number of para-hydroxylation sites is 1. The second-order valence-electron chi connectivity index (χ2n) is 11.6. The minimum absolute atomic E-state index is 0.0206. The summed E-state index contributed by atoms with van der Waals surface area (Å²) in [6.45, 7) is 5.19. The molecular weight excluding hydrogens is 563 g/mol. The number of carbonyl (C=O) groups is 1. The molecule has 2 atom stereocenters. The van der Waals surface area contributed by atoms with Gasteiger partial charge in [-0.25, -0.2) is 19.0 Å². The molecular formula is C32H33FN8O3. The van der Waals surface area contributed by atoms with Crippen LogP contribution in [0.1, 0.15) is 39.2 Å². The van der Waals surface area contributed by atoms with Crippen LogP contribution in [-0.2, 0) is 4.79 Å². The van der Waals surface area contributed by atoms with Crippen LogP contribution in [0.25, 0.3) is 22.3 Å². The lowest BCUT2D eigenvalue weighted by atomic mass is 9.93. The monoisotopic (exact) mass is 596 g/mol. The summed E-state index contributed by atoms with van der Waals surface area (Å²) >= 11 is 0. The van der Waals surface area contributed by atoms with Gasteiger partial charge in [0.05, 0.1) is 11.4 Å². The first-order valence-electron chi connectivity index (χ1n) is 14.5. The van der Waals surface area contributed by atoms with Gasteiger partial charge >= 0.3 is 0 Å². The van der Waals surface area contributed by atoms with E-state index in [1.807, 2.05) is 36.9 Å². The molecule has 2 unspecified atom stereocenters. The Kier molecular flexibility index (Phi) is 7.75. The maximum atomic E-state index is 15.6. The van der Waals surface area contributed by atoms with Gasteiger partial charge in [-0.15, -0.1) is 0 Å². The Morgan fingerprint density at radius 1 is 1.16 bits per heavy atom. The molecule has 0 spiro atoms. The van der Waals surface area contributed by atoms with Gasteiger partial charge in [-0.1, -0.05) is 18.2 Å². The van der Waals surface area contributed by atoms with Crippen molar-refractivity contribution in [1.82, 2.24) is 29.5 Å². The number of ether oxygens (including phenoxy) is 1. The molecule has 2 fully saturated rings. The third-order valence-electron chi connectivity index (χ3n) is 8.30. The van der Waals surface area contributed by atoms with Gasteiger partial charge in [0, 0.05) is 36.8 Å². The number of rotatable bonds is 7. The molecule has 0 radical (unpaired) electrons. The van der Waals surface area contributed by atoms with Crippen molar-refractivity contribution in [2.24, 2.45) is 0 Å². The van der Waals surface area contributed by atoms with Crippen molar-refractivity contribution < 1.29 is 19.0 Å². The number of hydrogen-bond acceptors (Lipinski definition) is 9. The molecule has 11 nitrogen and oxygen atoms in total. The van der Waals surface area contributed by atoms with E-state index >= 15 is 4.39 Å². The summed E-state index contributed by atoms with van der Waals surface area (Å²) < 4.78 is 23.0. The zero-order valence-corrected chi connectivity index (χ0v) is 24.5. The molecule has 0 aliphatic carbocycles. The Morgan fingerprint density at radius 3 is 2.64 bits per heavy atom. The van der Waals surface area contributed by atoms with Gasteiger partial charge in [0.25, 0.3) is 5.91 Å². The maximum Gasteiger partial charge on any atom is 0.264 e. The summed E-state index contributed by atoms with van der Waals surface area (Å²) in [5.41, 5.74) is 6.57. The number of fused-ring (bicyclic) bond motifs is 1. The van der Waals surface area contributed by atoms with Crippen molar-refractivity contribution in [2.45, 2.75) is 50.9 Å². The molecule has 226 valence electrons. The summed E-state index contributed by atoms with van der Waals surface area (Å²) in [5.74, 6) is 0.146. The molecule has 12 heteroatoms. The summed E-state index contributed by atoms with van der Waals surface area (Å²) in [7, 11) is 0. The van der Waals surface area contributed by atoms with E-state index in [1.54, 1.807) is 39.9 Å². The molecule has 44 heavy (non-hydrogen) atoms. The van der Waals surface area contributed by atoms with Gasteiger partial charge in [-0.05, 0) is 63.5 Å². The molecule has 4 aromatic rings. The van der Waals surface area contributed by atoms with Crippen molar-refractivity contribution in [3.05, 3.63) is 72.3 Å². The van der Waals surface area contributed by atoms with E-state index in [4.69, 9.17) is 15.6 Å². The van der Waals surface area contributed by atoms with E-state index in [0.717, 1.165) is 0 Å². The lowest BCUT2D eigenvalue weighted by Crippen LogP contribution is -2.57. The van der Waals surface area contributed by atoms with E-state index in [2.05, 4.69) is 16.0 Å². The summed E-state index contributed by atoms with van der Waals surface area (Å²) in [6, 6.07) is 15.4. The van der Waals surface area contributed by atoms with Crippen LogP contribution in [0.2, 0.25) is 0 Å². The lowest BCUT2D eigenvalue weighted by Gasteiger charge is -2.47. The molecule has 2 aliphatic rings. The van der Waals surface area contributed by atoms with Crippen molar-refractivity contribution in [1.29, 1.82) is 5.26 Å². The number of amides is 1. The van der Waals surface area contributed by atoms with Crippen LogP contribution in [0.15, 0.2) is 66.5 Å². The normalized spacial score (nSPS) is 19.4. The molecule has 2 aromatic heterocycles. The van der Waals surface area contributed by atoms with E-state index in [1.165, 1.54) is 12.4 Å². The minimum Gasteiger partial charge on any atom is -0.457 e. The predicted octanol–water partition coefficient (Wildman–Crippen LogP) is 4.42. The third-order valence-corrected chi connectivity index (χ3v) is 8.30. The highest BCUT2D eigenvalue weighted by molar-refractivity contribution is 5.99. The van der Waals surface area contributed by atoms with E-state index in [-0.39, 0.29) is 41.1 Å². The van der Waals surface area contributed by atoms with Crippen molar-refractivity contribution in [3.63, 3.8) is 0 Å². The first-order valence-corrected chi connectivity index (χ1v) is 14.5. The number of aliphatic hydroxyl groups excluding tert-OH is 1. The second-order valence-corrected chi connectivity index (χ2v) is 11.6. The van der Waals surface area contributed by atoms with Crippen LogP contribution in [0.5, 0.6) is 11.5 Å². The Hall–Kier alpha value is -4.86. The number of nitrogen functional groups attached to an aromatic ring is 1. The number of anilines is 1. The van der Waals surface area contributed by atoms with Gasteiger partial charge in [0.1, 0.15) is 53.0 Å². The fourth-order valence-corrected chi connectivity index (χ4v) is 5.95. The number of aromatic nitrogens is 4. The summed E-state index contributed by atoms with van der Waals surface area (Å²) in [5, 5.41) is 25.2. The fraction of sp³-hybridized carbons (Fsp3) is 0.344. The minimum atomic E-state index is -0.666. The number of likely N-dealkylation sites (tertiary alicyclic amines) is 2. The van der Waals surface area contributed by atoms with Crippen molar-refractivity contribution in [3.8, 4) is 28.8 Å². The van der Waals surface area contributed by atoms with Crippen LogP contribution >= 0.6 is 0 Å². The maximum absolute atomic E-state index is 15.6. The van der Waals surface area contributed by atoms with Gasteiger partial charge < -0.3 is 20.5 Å². The molecule has 2 aromatic carbocycles. The zero-order chi connectivity index (χ0) is 31.0. The first-order chi connectivity index (χ1) is 21.2. The molecule has 2 aliphatic heterocycles. The van der Waals surface area contributed by atoms with Gasteiger partial charge in [-0.3, -0.25) is 9.69 Å². The van der Waals surface area contributed by atoms with Crippen molar-refractivity contribution in [2.75, 3.05) is 25.4 Å². The number of piperidine rings is 1. The predicted molar refractivity (Wildman–Crippen MR) is 162 cm³/mol. The van der Waals surface area contributed by atoms with Crippen LogP contribution in [0.3, 0.4) is 0 Å². The largest absolute Gasteiger partial charge is 0.457 e. The standard InChI is InChI=1S/C32H33FN8O3/c1-32(2,40-14-12-26(40)42)16-20(17-34)31(43)39-13-6-7-21(18-39)41-30-27(29(35)36-19-37-30)28(38-41)24-11-10-23(15-25(24)33)44-22-8-4-3-5-9-22/h3-5,8-11,15-16,19,21,26,42H,6-7,12-14,18H2,1-2H3,(H2,35,36,37). The van der Waals surface area contributed by atoms with Gasteiger partial charge in [0.15, 0.2) is 5.65 Å². The number of hydrogen-bond donors (Lipinski definition) is 2. The lowest BCUT2D eigenvalue weighted by molar-refractivity contribution is -0.129. The van der Waals surface area contributed by atoms with Crippen LogP contribution in [0.4, 0.5) is 10.2 Å². The molecule has 0 bridgehead atoms. The van der Waals surface area contributed by atoms with Gasteiger partial charge in [0.2, 0.25) is 0 Å². The number of nitrogens with zero attached hydrogens (tertiary/aromatic N) is 7. The van der Waals surface area contributed by atoms with E-state index < -0.39 is 17.6 Å². The molecule has 3 N–H and O–H groups in total. The van der Waals surface area contributed by atoms with Crippen LogP contribution < -0.4 is 10.5 Å². The Bertz CT molecular complexity index is 1780. The average molecular weight is 597 g/mol. The Labute approximate surface area is 254 Å². The topological polar surface area (TPSA) is 146 Å². The number of nitriles is 1. The quantitative estimate of drug-likeness (QED) is 0.234. The molecule has 1 amide bonds. The number of benzene rings is 2. The zero-order valence-electron chi connectivity index (χ0n) is 24.5. The van der Waals surface area contributed by atoms with Crippen LogP contribution in [-0.4, -0.2) is 72.0 Å². The molecule has 2 saturated heterocycles. The SMILES string of the molecule is CC(C)(C=C(C#N)C(=O)N1CCCC(n2nc(-c3ccc(Oc4ccccc4)cc3F)c3c(N)ncnc32)C1)N1CCC1O. The molecule has 6 rings (SSSR count). The highest BCUT2D eigenvalue weighted by Gasteiger charge is 2.38. The number of aliphatic hydroxyl groups is 1. The van der Waals surface area contributed by atoms with Crippen molar-refractivity contribution >= 4 is 22.8 Å². The van der Waals surface area contributed by atoms with E-state index in [0.29, 0.717) is 54.9 Å². The third kappa shape index (κ3) is 5.47. The Balaban J connectivity index is 1.29. The highest BCUT2D eigenvalue weighted by Crippen LogP contribution is 2.37.